The molecule has 1 aliphatic heterocycles. The number of pyridine rings is 1. The van der Waals surface area contributed by atoms with Crippen molar-refractivity contribution in [2.75, 3.05) is 38.6 Å². The smallest absolute Gasteiger partial charge is 0.413 e. The van der Waals surface area contributed by atoms with E-state index in [9.17, 15) is 29.1 Å². The van der Waals surface area contributed by atoms with Gasteiger partial charge in [-0.3, -0.25) is 19.8 Å². The van der Waals surface area contributed by atoms with Crippen LogP contribution in [-0.2, 0) is 29.4 Å². The highest BCUT2D eigenvalue weighted by Crippen LogP contribution is 2.42. The van der Waals surface area contributed by atoms with Crippen LogP contribution in [0.5, 0.6) is 0 Å². The average Bonchev–Trinajstić information content (AvgIpc) is 3.84. The molecule has 0 radical (unpaired) electrons. The number of anilines is 1. The van der Waals surface area contributed by atoms with E-state index in [1.165, 1.54) is 49.1 Å². The van der Waals surface area contributed by atoms with Gasteiger partial charge in [0.1, 0.15) is 42.7 Å². The molecule has 2 aromatic carbocycles. The third kappa shape index (κ3) is 10.7. The first-order valence-corrected chi connectivity index (χ1v) is 18.9. The van der Waals surface area contributed by atoms with Crippen molar-refractivity contribution < 1.29 is 47.1 Å². The normalized spacial score (nSPS) is 16.9. The summed E-state index contributed by atoms with van der Waals surface area (Å²) in [6.45, 7) is 6.96. The standard InChI is InChI=1S/C40H42F2N8O7S/c1-25(36-47-33(21-58-36)28-11-9-27(19-43)10-12-28)40(54,31-18-29(41)13-14-32(31)42)22-50(24-44-23-46-50)16-17-55-38(53)48-35-30(8-7-15-45-35)37(56-26(2)51)49(6)20-34(52)57-39(3,4)5/h7-15,18,21,23-25,37,54H,16-17,20,22H2,1-6H3/p+1/t25-,37?,40+,50?/m0/s1. The molecule has 0 saturated carbocycles. The van der Waals surface area contributed by atoms with Crippen molar-refractivity contribution in [1.29, 1.82) is 5.26 Å². The van der Waals surface area contributed by atoms with E-state index in [-0.39, 0.29) is 43.2 Å². The summed E-state index contributed by atoms with van der Waals surface area (Å²) in [6, 6.07) is 14.8. The van der Waals surface area contributed by atoms with Crippen molar-refractivity contribution in [2.45, 2.75) is 58.0 Å². The summed E-state index contributed by atoms with van der Waals surface area (Å²) in [4.78, 5) is 52.4. The lowest BCUT2D eigenvalue weighted by Crippen LogP contribution is -2.54. The highest BCUT2D eigenvalue weighted by Gasteiger charge is 2.49. The number of rotatable bonds is 15. The maximum absolute atomic E-state index is 15.6. The quantitative estimate of drug-likeness (QED) is 0.0599. The van der Waals surface area contributed by atoms with Crippen LogP contribution in [0.25, 0.3) is 11.3 Å². The van der Waals surface area contributed by atoms with Gasteiger partial charge in [-0.1, -0.05) is 24.2 Å². The van der Waals surface area contributed by atoms with Gasteiger partial charge in [-0.25, -0.2) is 23.5 Å². The van der Waals surface area contributed by atoms with Gasteiger partial charge < -0.3 is 19.3 Å². The van der Waals surface area contributed by atoms with Crippen LogP contribution in [0, 0.1) is 23.0 Å². The van der Waals surface area contributed by atoms with E-state index in [1.807, 2.05) is 0 Å². The Morgan fingerprint density at radius 1 is 1.12 bits per heavy atom. The number of quaternary nitrogens is 1. The minimum absolute atomic E-state index is 0.0203. The average molecular weight is 818 g/mol. The third-order valence-corrected chi connectivity index (χ3v) is 10.00. The minimum Gasteiger partial charge on any atom is -0.459 e. The number of aliphatic hydroxyl groups is 1. The Balaban J connectivity index is 1.34. The van der Waals surface area contributed by atoms with Crippen LogP contribution in [0.4, 0.5) is 19.4 Å². The van der Waals surface area contributed by atoms with E-state index >= 15 is 4.39 Å². The van der Waals surface area contributed by atoms with Crippen LogP contribution in [0.1, 0.15) is 68.5 Å². The summed E-state index contributed by atoms with van der Waals surface area (Å²) < 4.78 is 46.3. The highest BCUT2D eigenvalue weighted by molar-refractivity contribution is 7.10. The number of amides is 1. The van der Waals surface area contributed by atoms with Crippen molar-refractivity contribution in [3.63, 3.8) is 0 Å². The van der Waals surface area contributed by atoms with Crippen molar-refractivity contribution in [3.05, 3.63) is 99.5 Å². The first-order chi connectivity index (χ1) is 27.4. The first-order valence-electron chi connectivity index (χ1n) is 18.0. The second kappa shape index (κ2) is 18.1. The molecular weight excluding hydrogens is 775 g/mol. The molecule has 0 aliphatic carbocycles. The first kappa shape index (κ1) is 43.1. The zero-order valence-electron chi connectivity index (χ0n) is 32.7. The number of nitriles is 1. The maximum atomic E-state index is 15.6. The minimum atomic E-state index is -2.14. The van der Waals surface area contributed by atoms with Gasteiger partial charge in [0.15, 0.2) is 18.2 Å². The number of esters is 2. The molecule has 4 aromatic rings. The SMILES string of the molecule is CC(=O)OC(c1cccnc1NC(=O)OCC[N+]1(C[C@](O)(c2cc(F)ccc2F)[C@@H](C)c2nc(-c3ccc(C#N)cc3)cs2)C=NC=N1)N(C)CC(=O)OC(C)(C)C. The second-order valence-corrected chi connectivity index (χ2v) is 15.4. The summed E-state index contributed by atoms with van der Waals surface area (Å²) in [5.74, 6) is -3.81. The summed E-state index contributed by atoms with van der Waals surface area (Å²) in [7, 11) is 1.54. The van der Waals surface area contributed by atoms with Gasteiger partial charge in [0, 0.05) is 35.5 Å². The van der Waals surface area contributed by atoms with E-state index in [2.05, 4.69) is 26.5 Å². The van der Waals surface area contributed by atoms with E-state index in [0.717, 1.165) is 23.8 Å². The van der Waals surface area contributed by atoms with Crippen LogP contribution < -0.4 is 5.32 Å². The molecule has 18 heteroatoms. The van der Waals surface area contributed by atoms with Crippen LogP contribution in [0.2, 0.25) is 0 Å². The van der Waals surface area contributed by atoms with E-state index in [4.69, 9.17) is 19.2 Å². The maximum Gasteiger partial charge on any atom is 0.413 e. The Morgan fingerprint density at radius 3 is 2.52 bits per heavy atom. The topological polar surface area (TPSA) is 189 Å². The molecule has 1 amide bonds. The van der Waals surface area contributed by atoms with Crippen molar-refractivity contribution in [1.82, 2.24) is 14.9 Å². The number of thiazole rings is 1. The van der Waals surface area contributed by atoms with Crippen molar-refractivity contribution in [3.8, 4) is 17.3 Å². The molecule has 304 valence electrons. The van der Waals surface area contributed by atoms with Gasteiger partial charge >= 0.3 is 18.0 Å². The predicted octanol–water partition coefficient (Wildman–Crippen LogP) is 6.23. The molecule has 0 spiro atoms. The molecule has 2 N–H and O–H groups in total. The van der Waals surface area contributed by atoms with Gasteiger partial charge in [0.2, 0.25) is 6.34 Å². The molecule has 0 bridgehead atoms. The fraction of sp³-hybridized carbons (Fsp3) is 0.350. The monoisotopic (exact) mass is 817 g/mol. The van der Waals surface area contributed by atoms with Gasteiger partial charge in [-0.2, -0.15) is 10.3 Å². The Morgan fingerprint density at radius 2 is 1.86 bits per heavy atom. The molecule has 15 nitrogen and oxygen atoms in total. The van der Waals surface area contributed by atoms with Gasteiger partial charge in [-0.05, 0) is 70.3 Å². The number of hydrogen-bond acceptors (Lipinski definition) is 14. The summed E-state index contributed by atoms with van der Waals surface area (Å²) in [5, 5.41) is 30.9. The van der Waals surface area contributed by atoms with Crippen LogP contribution >= 0.6 is 11.3 Å². The summed E-state index contributed by atoms with van der Waals surface area (Å²) in [5.41, 5.74) is -1.23. The number of carbonyl (C=O) groups is 3. The molecule has 4 atom stereocenters. The largest absolute Gasteiger partial charge is 0.459 e. The Bertz CT molecular complexity index is 2230. The molecule has 3 heterocycles. The number of hydrogen-bond donors (Lipinski definition) is 2. The number of halogens is 2. The molecule has 1 aliphatic rings. The molecule has 58 heavy (non-hydrogen) atoms. The number of ether oxygens (including phenoxy) is 3. The number of likely N-dealkylation sites (N-methyl/N-ethyl adjacent to an activating group) is 1. The van der Waals surface area contributed by atoms with Gasteiger partial charge in [0.05, 0.1) is 34.4 Å². The van der Waals surface area contributed by atoms with Crippen LogP contribution in [-0.4, -0.2) is 94.2 Å². The second-order valence-electron chi connectivity index (χ2n) is 14.6. The zero-order valence-corrected chi connectivity index (χ0v) is 33.5. The number of aliphatic imine (C=N–C) groups is 1. The number of carbonyl (C=O) groups excluding carboxylic acids is 3. The fourth-order valence-corrected chi connectivity index (χ4v) is 7.16. The number of nitrogens with one attached hydrogen (secondary N) is 1. The number of nitrogens with zero attached hydrogens (tertiary/aromatic N) is 7. The predicted molar refractivity (Wildman–Crippen MR) is 210 cm³/mol. The lowest BCUT2D eigenvalue weighted by molar-refractivity contribution is -0.848. The zero-order chi connectivity index (χ0) is 42.3. The van der Waals surface area contributed by atoms with Crippen LogP contribution in [0.15, 0.2) is 76.3 Å². The van der Waals surface area contributed by atoms with Crippen LogP contribution in [0.3, 0.4) is 0 Å². The molecule has 0 fully saturated rings. The van der Waals surface area contributed by atoms with Crippen molar-refractivity contribution >= 4 is 47.9 Å². The molecule has 2 aromatic heterocycles. The third-order valence-electron chi connectivity index (χ3n) is 8.97. The van der Waals surface area contributed by atoms with E-state index in [0.29, 0.717) is 16.3 Å². The molecular formula is C40H43F2N8O7S+. The summed E-state index contributed by atoms with van der Waals surface area (Å²) in [6.07, 6.45) is 1.92. The number of benzene rings is 2. The fourth-order valence-electron chi connectivity index (χ4n) is 6.19. The molecule has 0 saturated heterocycles. The lowest BCUT2D eigenvalue weighted by atomic mass is 9.81. The van der Waals surface area contributed by atoms with Crippen molar-refractivity contribution in [2.24, 2.45) is 10.1 Å². The lowest BCUT2D eigenvalue weighted by Gasteiger charge is -2.38. The number of aromatic nitrogens is 2. The molecule has 2 unspecified atom stereocenters. The Labute approximate surface area is 337 Å². The Hall–Kier alpha value is -6.00. The van der Waals surface area contributed by atoms with Gasteiger partial charge in [-0.15, -0.1) is 15.9 Å². The Kier molecular flexibility index (Phi) is 13.4. The molecule has 5 rings (SSSR count). The van der Waals surface area contributed by atoms with Gasteiger partial charge in [0.25, 0.3) is 0 Å². The van der Waals surface area contributed by atoms with E-state index in [1.54, 1.807) is 69.5 Å². The highest BCUT2D eigenvalue weighted by atomic mass is 32.1. The summed E-state index contributed by atoms with van der Waals surface area (Å²) >= 11 is 1.22. The van der Waals surface area contributed by atoms with E-state index < -0.39 is 57.6 Å².